The molecule has 1 aliphatic rings. The van der Waals surface area contributed by atoms with Crippen LogP contribution in [0.5, 0.6) is 0 Å². The Hall–Kier alpha value is -0.510. The second-order valence-electron chi connectivity index (χ2n) is 3.82. The zero-order chi connectivity index (χ0) is 10.5. The number of ether oxygens (including phenoxy) is 2. The van der Waals surface area contributed by atoms with Gasteiger partial charge < -0.3 is 9.47 Å². The average molecular weight is 224 g/mol. The van der Waals surface area contributed by atoms with E-state index in [1.165, 1.54) is 12.0 Å². The highest BCUT2D eigenvalue weighted by Crippen LogP contribution is 2.14. The summed E-state index contributed by atoms with van der Waals surface area (Å²) in [6, 6.07) is 8.04. The quantitative estimate of drug-likeness (QED) is 0.793. The maximum Gasteiger partial charge on any atom is 0.0809 e. The van der Waals surface area contributed by atoms with Gasteiger partial charge in [-0.2, -0.15) is 0 Å². The predicted octanol–water partition coefficient (Wildman–Crippen LogP) is 2.67. The molecule has 1 aromatic carbocycles. The molecule has 0 N–H and O–H groups in total. The summed E-state index contributed by atoms with van der Waals surface area (Å²) in [6.07, 6.45) is 2.61. The van der Waals surface area contributed by atoms with Gasteiger partial charge >= 0.3 is 0 Å². The fraction of sp³-hybridized carbons (Fsp3) is 0.500. The van der Waals surface area contributed by atoms with Crippen LogP contribution < -0.4 is 0 Å². The molecule has 1 heterocycles. The lowest BCUT2D eigenvalue weighted by Crippen LogP contribution is -2.13. The molecule has 0 saturated carbocycles. The van der Waals surface area contributed by atoms with Crippen LogP contribution in [0.4, 0.5) is 0 Å². The smallest absolute Gasteiger partial charge is 0.0809 e. The maximum absolute atomic E-state index is 5.60. The van der Waals surface area contributed by atoms with Crippen LogP contribution in [-0.4, -0.2) is 19.3 Å². The lowest BCUT2D eigenvalue weighted by molar-refractivity contribution is 0.0105. The summed E-state index contributed by atoms with van der Waals surface area (Å²) in [7, 11) is 0. The third-order valence-corrected chi connectivity index (χ3v) is 2.79. The first-order valence-corrected chi connectivity index (χ1v) is 5.76. The van der Waals surface area contributed by atoms with Crippen LogP contribution in [-0.2, 0) is 16.1 Å². The van der Waals surface area contributed by atoms with Gasteiger partial charge in [-0.25, -0.2) is 0 Å². The van der Waals surface area contributed by atoms with Crippen molar-refractivity contribution in [3.05, 3.63) is 29.8 Å². The van der Waals surface area contributed by atoms with E-state index in [0.717, 1.165) is 17.9 Å². The van der Waals surface area contributed by atoms with E-state index in [-0.39, 0.29) is 0 Å². The molecule has 1 atom stereocenters. The summed E-state index contributed by atoms with van der Waals surface area (Å²) < 4.78 is 11.1. The highest BCUT2D eigenvalue weighted by atomic mass is 32.1. The van der Waals surface area contributed by atoms with Gasteiger partial charge in [0.2, 0.25) is 0 Å². The van der Waals surface area contributed by atoms with E-state index in [2.05, 4.69) is 18.7 Å². The van der Waals surface area contributed by atoms with Crippen LogP contribution in [0.2, 0.25) is 0 Å². The second-order valence-corrected chi connectivity index (χ2v) is 4.34. The standard InChI is InChI=1S/C12H16O2S/c15-12-5-1-3-10(7-12)8-13-9-11-4-2-6-14-11/h1,3,5,7,11,15H,2,4,6,8-9H2/t11-/m0/s1. The molecule has 0 bridgehead atoms. The van der Waals surface area contributed by atoms with Gasteiger partial charge in [0.05, 0.1) is 19.3 Å². The Kier molecular flexibility index (Phi) is 4.06. The van der Waals surface area contributed by atoms with E-state index >= 15 is 0 Å². The summed E-state index contributed by atoms with van der Waals surface area (Å²) >= 11 is 4.28. The molecule has 15 heavy (non-hydrogen) atoms. The SMILES string of the molecule is Sc1cccc(COC[C@@H]2CCCO2)c1. The average Bonchev–Trinajstić information content (AvgIpc) is 2.71. The molecule has 82 valence electrons. The molecule has 0 spiro atoms. The fourth-order valence-electron chi connectivity index (χ4n) is 1.73. The van der Waals surface area contributed by atoms with E-state index in [1.54, 1.807) is 0 Å². The van der Waals surface area contributed by atoms with Crippen molar-refractivity contribution in [2.45, 2.75) is 30.4 Å². The van der Waals surface area contributed by atoms with Crippen molar-refractivity contribution in [3.63, 3.8) is 0 Å². The van der Waals surface area contributed by atoms with Gasteiger partial charge in [0, 0.05) is 11.5 Å². The zero-order valence-corrected chi connectivity index (χ0v) is 9.58. The molecule has 0 radical (unpaired) electrons. The lowest BCUT2D eigenvalue weighted by atomic mass is 10.2. The first-order chi connectivity index (χ1) is 7.34. The molecule has 1 fully saturated rings. The molecule has 1 saturated heterocycles. The Bertz CT molecular complexity index is 308. The zero-order valence-electron chi connectivity index (χ0n) is 8.69. The molecule has 1 aromatic rings. The molecule has 3 heteroatoms. The summed E-state index contributed by atoms with van der Waals surface area (Å²) in [6.45, 7) is 2.24. The molecule has 0 aromatic heterocycles. The van der Waals surface area contributed by atoms with Gasteiger partial charge in [-0.3, -0.25) is 0 Å². The van der Waals surface area contributed by atoms with Gasteiger partial charge in [-0.05, 0) is 30.5 Å². The minimum Gasteiger partial charge on any atom is -0.376 e. The topological polar surface area (TPSA) is 18.5 Å². The number of hydrogen-bond donors (Lipinski definition) is 1. The number of thiol groups is 1. The number of hydrogen-bond acceptors (Lipinski definition) is 3. The lowest BCUT2D eigenvalue weighted by Gasteiger charge is -2.10. The van der Waals surface area contributed by atoms with Crippen LogP contribution >= 0.6 is 12.6 Å². The Morgan fingerprint density at radius 3 is 3.13 bits per heavy atom. The summed E-state index contributed by atoms with van der Waals surface area (Å²) in [4.78, 5) is 0.980. The third kappa shape index (κ3) is 3.52. The molecular weight excluding hydrogens is 208 g/mol. The van der Waals surface area contributed by atoms with Crippen LogP contribution in [0.15, 0.2) is 29.2 Å². The second kappa shape index (κ2) is 5.54. The molecular formula is C12H16O2S. The van der Waals surface area contributed by atoms with Crippen molar-refractivity contribution in [1.29, 1.82) is 0 Å². The monoisotopic (exact) mass is 224 g/mol. The first kappa shape index (κ1) is 11.0. The molecule has 0 unspecified atom stereocenters. The van der Waals surface area contributed by atoms with E-state index in [4.69, 9.17) is 9.47 Å². The van der Waals surface area contributed by atoms with E-state index in [9.17, 15) is 0 Å². The van der Waals surface area contributed by atoms with Gasteiger partial charge in [0.15, 0.2) is 0 Å². The number of rotatable bonds is 4. The van der Waals surface area contributed by atoms with Crippen molar-refractivity contribution in [3.8, 4) is 0 Å². The van der Waals surface area contributed by atoms with Gasteiger partial charge in [0.25, 0.3) is 0 Å². The Morgan fingerprint density at radius 2 is 2.40 bits per heavy atom. The van der Waals surface area contributed by atoms with Gasteiger partial charge in [0.1, 0.15) is 0 Å². The van der Waals surface area contributed by atoms with Gasteiger partial charge in [-0.15, -0.1) is 12.6 Å². The Labute approximate surface area is 96.0 Å². The van der Waals surface area contributed by atoms with Gasteiger partial charge in [-0.1, -0.05) is 12.1 Å². The predicted molar refractivity (Wildman–Crippen MR) is 62.3 cm³/mol. The van der Waals surface area contributed by atoms with Crippen LogP contribution in [0.1, 0.15) is 18.4 Å². The van der Waals surface area contributed by atoms with E-state index in [1.807, 2.05) is 18.2 Å². The molecule has 0 aliphatic carbocycles. The maximum atomic E-state index is 5.60. The van der Waals surface area contributed by atoms with Crippen molar-refractivity contribution in [1.82, 2.24) is 0 Å². The summed E-state index contributed by atoms with van der Waals surface area (Å²) in [5.41, 5.74) is 1.17. The molecule has 1 aliphatic heterocycles. The highest BCUT2D eigenvalue weighted by Gasteiger charge is 2.14. The minimum atomic E-state index is 0.309. The Morgan fingerprint density at radius 1 is 1.47 bits per heavy atom. The third-order valence-electron chi connectivity index (χ3n) is 2.51. The van der Waals surface area contributed by atoms with Crippen LogP contribution in [0.25, 0.3) is 0 Å². The fourth-order valence-corrected chi connectivity index (χ4v) is 1.98. The highest BCUT2D eigenvalue weighted by molar-refractivity contribution is 7.80. The molecule has 2 nitrogen and oxygen atoms in total. The van der Waals surface area contributed by atoms with Crippen LogP contribution in [0.3, 0.4) is 0 Å². The van der Waals surface area contributed by atoms with Crippen molar-refractivity contribution in [2.24, 2.45) is 0 Å². The van der Waals surface area contributed by atoms with Crippen molar-refractivity contribution in [2.75, 3.05) is 13.2 Å². The summed E-state index contributed by atoms with van der Waals surface area (Å²) in [5.74, 6) is 0. The number of benzene rings is 1. The molecule has 2 rings (SSSR count). The first-order valence-electron chi connectivity index (χ1n) is 5.32. The Balaban J connectivity index is 1.73. The molecule has 0 amide bonds. The van der Waals surface area contributed by atoms with Crippen molar-refractivity contribution < 1.29 is 9.47 Å². The normalized spacial score (nSPS) is 20.7. The largest absolute Gasteiger partial charge is 0.376 e. The van der Waals surface area contributed by atoms with Crippen LogP contribution in [0, 0.1) is 0 Å². The van der Waals surface area contributed by atoms with E-state index in [0.29, 0.717) is 19.3 Å². The summed E-state index contributed by atoms with van der Waals surface area (Å²) in [5, 5.41) is 0. The van der Waals surface area contributed by atoms with E-state index < -0.39 is 0 Å². The minimum absolute atomic E-state index is 0.309. The van der Waals surface area contributed by atoms with Crippen molar-refractivity contribution >= 4 is 12.6 Å².